The minimum Gasteiger partial charge on any atom is -0.496 e. The second kappa shape index (κ2) is 10.1. The molecule has 1 amide bonds. The molecule has 4 aromatic rings. The average Bonchev–Trinajstić information content (AvgIpc) is 3.29. The van der Waals surface area contributed by atoms with Gasteiger partial charge in [0.2, 0.25) is 0 Å². The van der Waals surface area contributed by atoms with Crippen molar-refractivity contribution in [1.29, 1.82) is 0 Å². The van der Waals surface area contributed by atoms with Crippen LogP contribution in [0.5, 0.6) is 5.75 Å². The third kappa shape index (κ3) is 5.30. The Labute approximate surface area is 193 Å². The lowest BCUT2D eigenvalue weighted by Crippen LogP contribution is -2.13. The Balaban J connectivity index is 1.69. The maximum absolute atomic E-state index is 13.4. The van der Waals surface area contributed by atoms with Crippen LogP contribution in [-0.2, 0) is 11.3 Å². The molecule has 1 aromatic heterocycles. The molecule has 1 heterocycles. The van der Waals surface area contributed by atoms with E-state index in [-0.39, 0.29) is 12.0 Å². The molecule has 4 rings (SSSR count). The summed E-state index contributed by atoms with van der Waals surface area (Å²) in [5.41, 5.74) is 4.30. The highest BCUT2D eigenvalue weighted by Gasteiger charge is 2.21. The van der Waals surface area contributed by atoms with Crippen LogP contribution in [-0.4, -0.2) is 28.9 Å². The highest BCUT2D eigenvalue weighted by molar-refractivity contribution is 6.08. The number of hydrogen-bond acceptors (Lipinski definition) is 4. The van der Waals surface area contributed by atoms with Crippen molar-refractivity contribution in [3.63, 3.8) is 0 Å². The second-order valence-corrected chi connectivity index (χ2v) is 7.89. The number of carbonyl (C=O) groups excluding carboxylic acids is 1. The van der Waals surface area contributed by atoms with Gasteiger partial charge in [-0.1, -0.05) is 42.5 Å². The molecule has 0 saturated carbocycles. The van der Waals surface area contributed by atoms with Gasteiger partial charge in [-0.3, -0.25) is 4.79 Å². The lowest BCUT2D eigenvalue weighted by molar-refractivity contribution is 0.0657. The third-order valence-corrected chi connectivity index (χ3v) is 5.11. The number of anilines is 1. The molecular formula is C27H27N3O3. The van der Waals surface area contributed by atoms with E-state index in [1.165, 1.54) is 0 Å². The van der Waals surface area contributed by atoms with Crippen molar-refractivity contribution >= 4 is 11.6 Å². The summed E-state index contributed by atoms with van der Waals surface area (Å²) >= 11 is 0. The average molecular weight is 442 g/mol. The molecule has 0 radical (unpaired) electrons. The normalized spacial score (nSPS) is 10.9. The van der Waals surface area contributed by atoms with E-state index in [1.807, 2.05) is 92.7 Å². The van der Waals surface area contributed by atoms with Crippen molar-refractivity contribution in [3.8, 4) is 22.7 Å². The molecule has 33 heavy (non-hydrogen) atoms. The Morgan fingerprint density at radius 3 is 2.52 bits per heavy atom. The lowest BCUT2D eigenvalue weighted by Gasteiger charge is -2.11. The topological polar surface area (TPSA) is 65.4 Å². The molecule has 0 spiro atoms. The SMILES string of the molecule is COc1ccccc1-c1nn(-c2ccccc2)cc1C(=O)Nc1cccc(COC(C)C)c1. The van der Waals surface area contributed by atoms with Crippen molar-refractivity contribution in [2.45, 2.75) is 26.6 Å². The van der Waals surface area contributed by atoms with Gasteiger partial charge in [0.25, 0.3) is 5.91 Å². The monoisotopic (exact) mass is 441 g/mol. The molecule has 0 aliphatic carbocycles. The highest BCUT2D eigenvalue weighted by Crippen LogP contribution is 2.32. The van der Waals surface area contributed by atoms with Gasteiger partial charge < -0.3 is 14.8 Å². The van der Waals surface area contributed by atoms with Gasteiger partial charge in [-0.25, -0.2) is 4.68 Å². The molecule has 0 atom stereocenters. The fraction of sp³-hybridized carbons (Fsp3) is 0.185. The molecule has 168 valence electrons. The van der Waals surface area contributed by atoms with Gasteiger partial charge in [-0.15, -0.1) is 0 Å². The van der Waals surface area contributed by atoms with Crippen molar-refractivity contribution in [2.75, 3.05) is 12.4 Å². The number of hydrogen-bond donors (Lipinski definition) is 1. The maximum atomic E-state index is 13.4. The zero-order chi connectivity index (χ0) is 23.2. The smallest absolute Gasteiger partial charge is 0.259 e. The Morgan fingerprint density at radius 1 is 1.00 bits per heavy atom. The molecule has 0 aliphatic heterocycles. The predicted octanol–water partition coefficient (Wildman–Crippen LogP) is 5.73. The van der Waals surface area contributed by atoms with Gasteiger partial charge in [0.05, 0.1) is 31.1 Å². The fourth-order valence-electron chi connectivity index (χ4n) is 3.49. The predicted molar refractivity (Wildman–Crippen MR) is 130 cm³/mol. The summed E-state index contributed by atoms with van der Waals surface area (Å²) in [6.07, 6.45) is 1.88. The number of para-hydroxylation sites is 2. The summed E-state index contributed by atoms with van der Waals surface area (Å²) in [4.78, 5) is 13.4. The summed E-state index contributed by atoms with van der Waals surface area (Å²) in [7, 11) is 1.61. The Kier molecular flexibility index (Phi) is 6.86. The molecule has 1 N–H and O–H groups in total. The quantitative estimate of drug-likeness (QED) is 0.379. The minimum atomic E-state index is -0.250. The van der Waals surface area contributed by atoms with E-state index in [0.29, 0.717) is 29.3 Å². The molecule has 6 heteroatoms. The van der Waals surface area contributed by atoms with Crippen LogP contribution >= 0.6 is 0 Å². The number of amides is 1. The van der Waals surface area contributed by atoms with E-state index in [9.17, 15) is 4.79 Å². The molecular weight excluding hydrogens is 414 g/mol. The number of ether oxygens (including phenoxy) is 2. The van der Waals surface area contributed by atoms with E-state index in [0.717, 1.165) is 16.8 Å². The number of benzene rings is 3. The first-order chi connectivity index (χ1) is 16.0. The molecule has 0 unspecified atom stereocenters. The summed E-state index contributed by atoms with van der Waals surface area (Å²) in [5, 5.41) is 7.75. The first-order valence-electron chi connectivity index (χ1n) is 10.9. The van der Waals surface area contributed by atoms with Crippen LogP contribution in [0.4, 0.5) is 5.69 Å². The molecule has 0 bridgehead atoms. The molecule has 0 fully saturated rings. The van der Waals surface area contributed by atoms with Gasteiger partial charge in [0.1, 0.15) is 11.4 Å². The van der Waals surface area contributed by atoms with Gasteiger partial charge in [-0.05, 0) is 55.8 Å². The lowest BCUT2D eigenvalue weighted by atomic mass is 10.1. The molecule has 0 aliphatic rings. The third-order valence-electron chi connectivity index (χ3n) is 5.11. The standard InChI is InChI=1S/C27H27N3O3/c1-19(2)33-18-20-10-9-11-21(16-20)28-27(31)24-17-30(22-12-5-4-6-13-22)29-26(24)23-14-7-8-15-25(23)32-3/h4-17,19H,18H2,1-3H3,(H,28,31). The van der Waals surface area contributed by atoms with Gasteiger partial charge >= 0.3 is 0 Å². The second-order valence-electron chi connectivity index (χ2n) is 7.89. The van der Waals surface area contributed by atoms with Crippen LogP contribution in [0.3, 0.4) is 0 Å². The van der Waals surface area contributed by atoms with Crippen molar-refractivity contribution in [2.24, 2.45) is 0 Å². The minimum absolute atomic E-state index is 0.135. The number of carbonyl (C=O) groups is 1. The molecule has 0 saturated heterocycles. The Morgan fingerprint density at radius 2 is 1.76 bits per heavy atom. The van der Waals surface area contributed by atoms with E-state index in [4.69, 9.17) is 14.6 Å². The maximum Gasteiger partial charge on any atom is 0.259 e. The van der Waals surface area contributed by atoms with Crippen molar-refractivity contribution in [1.82, 2.24) is 9.78 Å². The zero-order valence-electron chi connectivity index (χ0n) is 19.0. The van der Waals surface area contributed by atoms with Crippen LogP contribution in [0.1, 0.15) is 29.8 Å². The van der Waals surface area contributed by atoms with Crippen molar-refractivity contribution in [3.05, 3.63) is 96.2 Å². The van der Waals surface area contributed by atoms with Crippen LogP contribution in [0.2, 0.25) is 0 Å². The van der Waals surface area contributed by atoms with E-state index < -0.39 is 0 Å². The number of methoxy groups -OCH3 is 1. The summed E-state index contributed by atoms with van der Waals surface area (Å²) in [6.45, 7) is 4.48. The van der Waals surface area contributed by atoms with Crippen LogP contribution in [0.15, 0.2) is 85.1 Å². The number of nitrogens with one attached hydrogen (secondary N) is 1. The van der Waals surface area contributed by atoms with E-state index >= 15 is 0 Å². The Hall–Kier alpha value is -3.90. The molecule has 3 aromatic carbocycles. The fourth-order valence-corrected chi connectivity index (χ4v) is 3.49. The first kappa shape index (κ1) is 22.3. The summed E-state index contributed by atoms with van der Waals surface area (Å²) < 4.78 is 12.9. The van der Waals surface area contributed by atoms with Crippen LogP contribution in [0, 0.1) is 0 Å². The van der Waals surface area contributed by atoms with Crippen LogP contribution < -0.4 is 10.1 Å². The highest BCUT2D eigenvalue weighted by atomic mass is 16.5. The van der Waals surface area contributed by atoms with Gasteiger partial charge in [0.15, 0.2) is 0 Å². The van der Waals surface area contributed by atoms with Crippen molar-refractivity contribution < 1.29 is 14.3 Å². The van der Waals surface area contributed by atoms with E-state index in [2.05, 4.69) is 5.32 Å². The van der Waals surface area contributed by atoms with Gasteiger partial charge in [-0.2, -0.15) is 5.10 Å². The summed E-state index contributed by atoms with van der Waals surface area (Å²) in [6, 6.07) is 24.9. The number of rotatable bonds is 8. The Bertz CT molecular complexity index is 1230. The number of aromatic nitrogens is 2. The molecule has 6 nitrogen and oxygen atoms in total. The number of nitrogens with zero attached hydrogens (tertiary/aromatic N) is 2. The van der Waals surface area contributed by atoms with Crippen LogP contribution in [0.25, 0.3) is 16.9 Å². The largest absolute Gasteiger partial charge is 0.496 e. The summed E-state index contributed by atoms with van der Waals surface area (Å²) in [5.74, 6) is 0.401. The first-order valence-corrected chi connectivity index (χ1v) is 10.9. The zero-order valence-corrected chi connectivity index (χ0v) is 19.0. The van der Waals surface area contributed by atoms with Gasteiger partial charge in [0, 0.05) is 17.4 Å². The van der Waals surface area contributed by atoms with E-state index in [1.54, 1.807) is 18.0 Å².